The van der Waals surface area contributed by atoms with Crippen LogP contribution in [0.4, 0.5) is 11.4 Å². The van der Waals surface area contributed by atoms with Gasteiger partial charge in [0, 0.05) is 31.4 Å². The zero-order chi connectivity index (χ0) is 13.7. The Kier molecular flexibility index (Phi) is 4.61. The summed E-state index contributed by atoms with van der Waals surface area (Å²) in [6, 6.07) is 4.29. The van der Waals surface area contributed by atoms with Crippen molar-refractivity contribution in [3.05, 3.63) is 33.9 Å². The first kappa shape index (κ1) is 13.9. The van der Waals surface area contributed by atoms with Crippen LogP contribution in [0.1, 0.15) is 5.56 Å². The molecule has 0 aliphatic heterocycles. The summed E-state index contributed by atoms with van der Waals surface area (Å²) in [5, 5.41) is 13.2. The van der Waals surface area contributed by atoms with Gasteiger partial charge in [0.1, 0.15) is 0 Å². The Balaban J connectivity index is 2.80. The van der Waals surface area contributed by atoms with E-state index in [0.717, 1.165) is 0 Å². The summed E-state index contributed by atoms with van der Waals surface area (Å²) >= 11 is 0. The Morgan fingerprint density at radius 3 is 2.78 bits per heavy atom. The van der Waals surface area contributed by atoms with Crippen LogP contribution in [-0.4, -0.2) is 36.4 Å². The maximum absolute atomic E-state index is 11.2. The molecule has 18 heavy (non-hydrogen) atoms. The SMILES string of the molecule is CNC(=O)CN(C)Cc1cc([N+](=O)[O-])ccc1N. The summed E-state index contributed by atoms with van der Waals surface area (Å²) in [4.78, 5) is 23.1. The molecule has 0 saturated carbocycles. The van der Waals surface area contributed by atoms with E-state index in [2.05, 4.69) is 5.32 Å². The molecule has 1 amide bonds. The summed E-state index contributed by atoms with van der Waals surface area (Å²) in [6.07, 6.45) is 0. The summed E-state index contributed by atoms with van der Waals surface area (Å²) in [6.45, 7) is 0.583. The third kappa shape index (κ3) is 3.70. The van der Waals surface area contributed by atoms with Crippen molar-refractivity contribution in [1.29, 1.82) is 0 Å². The standard InChI is InChI=1S/C11H16N4O3/c1-13-11(16)7-14(2)6-8-5-9(15(17)18)3-4-10(8)12/h3-5H,6-7,12H2,1-2H3,(H,13,16). The monoisotopic (exact) mass is 252 g/mol. The number of hydrogen-bond acceptors (Lipinski definition) is 5. The fraction of sp³-hybridized carbons (Fsp3) is 0.364. The van der Waals surface area contributed by atoms with E-state index < -0.39 is 4.92 Å². The largest absolute Gasteiger partial charge is 0.398 e. The lowest BCUT2D eigenvalue weighted by atomic mass is 10.1. The lowest BCUT2D eigenvalue weighted by Crippen LogP contribution is -2.32. The van der Waals surface area contributed by atoms with Crippen LogP contribution in [0, 0.1) is 10.1 Å². The lowest BCUT2D eigenvalue weighted by molar-refractivity contribution is -0.384. The normalized spacial score (nSPS) is 10.4. The zero-order valence-electron chi connectivity index (χ0n) is 10.3. The van der Waals surface area contributed by atoms with Crippen molar-refractivity contribution in [3.8, 4) is 0 Å². The topological polar surface area (TPSA) is 102 Å². The van der Waals surface area contributed by atoms with Gasteiger partial charge in [-0.1, -0.05) is 0 Å². The van der Waals surface area contributed by atoms with E-state index in [-0.39, 0.29) is 18.1 Å². The molecule has 7 heteroatoms. The second-order valence-electron chi connectivity index (χ2n) is 3.99. The first-order chi connectivity index (χ1) is 8.43. The molecular weight excluding hydrogens is 236 g/mol. The van der Waals surface area contributed by atoms with Gasteiger partial charge in [0.25, 0.3) is 5.69 Å². The van der Waals surface area contributed by atoms with Crippen LogP contribution in [0.3, 0.4) is 0 Å². The smallest absolute Gasteiger partial charge is 0.269 e. The second-order valence-corrected chi connectivity index (χ2v) is 3.99. The zero-order valence-corrected chi connectivity index (χ0v) is 10.3. The summed E-state index contributed by atoms with van der Waals surface area (Å²) in [5.74, 6) is -0.124. The van der Waals surface area contributed by atoms with Gasteiger partial charge in [-0.3, -0.25) is 19.8 Å². The maximum atomic E-state index is 11.2. The van der Waals surface area contributed by atoms with Gasteiger partial charge in [-0.05, 0) is 18.7 Å². The molecule has 0 atom stereocenters. The van der Waals surface area contributed by atoms with Crippen LogP contribution in [0.25, 0.3) is 0 Å². The number of carbonyl (C=O) groups is 1. The number of rotatable bonds is 5. The molecule has 1 rings (SSSR count). The van der Waals surface area contributed by atoms with Crippen LogP contribution in [0.2, 0.25) is 0 Å². The molecule has 0 fully saturated rings. The molecule has 7 nitrogen and oxygen atoms in total. The average Bonchev–Trinajstić information content (AvgIpc) is 2.31. The van der Waals surface area contributed by atoms with Gasteiger partial charge in [-0.2, -0.15) is 0 Å². The van der Waals surface area contributed by atoms with E-state index in [9.17, 15) is 14.9 Å². The van der Waals surface area contributed by atoms with Crippen LogP contribution in [-0.2, 0) is 11.3 Å². The van der Waals surface area contributed by atoms with Crippen molar-refractivity contribution in [2.75, 3.05) is 26.4 Å². The van der Waals surface area contributed by atoms with Gasteiger partial charge < -0.3 is 11.1 Å². The molecule has 0 radical (unpaired) electrons. The van der Waals surface area contributed by atoms with E-state index in [1.807, 2.05) is 0 Å². The minimum Gasteiger partial charge on any atom is -0.398 e. The summed E-state index contributed by atoms with van der Waals surface area (Å²) < 4.78 is 0. The number of benzene rings is 1. The van der Waals surface area contributed by atoms with Crippen LogP contribution < -0.4 is 11.1 Å². The molecule has 0 spiro atoms. The average molecular weight is 252 g/mol. The maximum Gasteiger partial charge on any atom is 0.269 e. The molecule has 1 aromatic rings. The number of nitro benzene ring substituents is 1. The number of nitro groups is 1. The van der Waals surface area contributed by atoms with Crippen LogP contribution >= 0.6 is 0 Å². The molecule has 98 valence electrons. The van der Waals surface area contributed by atoms with Gasteiger partial charge in [0.2, 0.25) is 5.91 Å². The highest BCUT2D eigenvalue weighted by atomic mass is 16.6. The van der Waals surface area contributed by atoms with Crippen molar-refractivity contribution in [1.82, 2.24) is 10.2 Å². The third-order valence-electron chi connectivity index (χ3n) is 2.47. The van der Waals surface area contributed by atoms with Gasteiger partial charge >= 0.3 is 0 Å². The first-order valence-corrected chi connectivity index (χ1v) is 5.36. The molecule has 0 unspecified atom stereocenters. The highest BCUT2D eigenvalue weighted by Gasteiger charge is 2.12. The minimum absolute atomic E-state index is 0.00690. The number of nitrogens with zero attached hydrogens (tertiary/aromatic N) is 2. The number of nitrogens with two attached hydrogens (primary N) is 1. The molecule has 0 aromatic heterocycles. The second kappa shape index (κ2) is 5.97. The molecular formula is C11H16N4O3. The number of nitrogens with one attached hydrogen (secondary N) is 1. The van der Waals surface area contributed by atoms with Crippen molar-refractivity contribution in [2.45, 2.75) is 6.54 Å². The van der Waals surface area contributed by atoms with Gasteiger partial charge in [0.05, 0.1) is 11.5 Å². The third-order valence-corrected chi connectivity index (χ3v) is 2.47. The Labute approximate surface area is 105 Å². The number of likely N-dealkylation sites (N-methyl/N-ethyl adjacent to an activating group) is 2. The number of carbonyl (C=O) groups excluding carboxylic acids is 1. The van der Waals surface area contributed by atoms with E-state index >= 15 is 0 Å². The van der Waals surface area contributed by atoms with Crippen molar-refractivity contribution in [2.24, 2.45) is 0 Å². The molecule has 0 heterocycles. The lowest BCUT2D eigenvalue weighted by Gasteiger charge is -2.16. The van der Waals surface area contributed by atoms with Gasteiger partial charge in [0.15, 0.2) is 0 Å². The van der Waals surface area contributed by atoms with Crippen LogP contribution in [0.5, 0.6) is 0 Å². The van der Waals surface area contributed by atoms with Crippen molar-refractivity contribution < 1.29 is 9.72 Å². The molecule has 1 aromatic carbocycles. The number of non-ortho nitro benzene ring substituents is 1. The predicted octanol–water partition coefficient (Wildman–Crippen LogP) is 0.355. The molecule has 3 N–H and O–H groups in total. The summed E-state index contributed by atoms with van der Waals surface area (Å²) in [5.41, 5.74) is 6.86. The van der Waals surface area contributed by atoms with E-state index in [1.165, 1.54) is 18.2 Å². The fourth-order valence-corrected chi connectivity index (χ4v) is 1.51. The Bertz CT molecular complexity index is 462. The Morgan fingerprint density at radius 1 is 1.56 bits per heavy atom. The number of hydrogen-bond donors (Lipinski definition) is 2. The molecule has 0 saturated heterocycles. The van der Waals surface area contributed by atoms with Gasteiger partial charge in [-0.15, -0.1) is 0 Å². The quantitative estimate of drug-likeness (QED) is 0.447. The summed E-state index contributed by atoms with van der Waals surface area (Å²) in [7, 11) is 3.30. The van der Waals surface area contributed by atoms with E-state index in [4.69, 9.17) is 5.73 Å². The van der Waals surface area contributed by atoms with E-state index in [0.29, 0.717) is 17.8 Å². The molecule has 0 bridgehead atoms. The highest BCUT2D eigenvalue weighted by molar-refractivity contribution is 5.77. The Morgan fingerprint density at radius 2 is 2.22 bits per heavy atom. The first-order valence-electron chi connectivity index (χ1n) is 5.36. The number of nitrogen functional groups attached to an aromatic ring is 1. The van der Waals surface area contributed by atoms with Crippen LogP contribution in [0.15, 0.2) is 18.2 Å². The van der Waals surface area contributed by atoms with Crippen molar-refractivity contribution >= 4 is 17.3 Å². The highest BCUT2D eigenvalue weighted by Crippen LogP contribution is 2.20. The molecule has 0 aliphatic carbocycles. The number of amides is 1. The minimum atomic E-state index is -0.471. The fourth-order valence-electron chi connectivity index (χ4n) is 1.51. The predicted molar refractivity (Wildman–Crippen MR) is 67.9 cm³/mol. The number of anilines is 1. The van der Waals surface area contributed by atoms with Gasteiger partial charge in [-0.25, -0.2) is 0 Å². The van der Waals surface area contributed by atoms with Crippen molar-refractivity contribution in [3.63, 3.8) is 0 Å². The van der Waals surface area contributed by atoms with E-state index in [1.54, 1.807) is 19.0 Å². The Hall–Kier alpha value is -2.15. The molecule has 0 aliphatic rings.